The molecule has 1 heterocycles. The molecule has 0 saturated carbocycles. The van der Waals surface area contributed by atoms with Gasteiger partial charge >= 0.3 is 0 Å². The number of carbonyl (C=O) groups excluding carboxylic acids is 2. The third-order valence-electron chi connectivity index (χ3n) is 4.15. The second-order valence-electron chi connectivity index (χ2n) is 6.43. The lowest BCUT2D eigenvalue weighted by Crippen LogP contribution is -2.28. The number of amides is 2. The zero-order valence-electron chi connectivity index (χ0n) is 15.3. The number of anilines is 1. The Bertz CT molecular complexity index is 836. The highest BCUT2D eigenvalue weighted by atomic mass is 32.2. The molecule has 140 valence electrons. The first-order valence-corrected chi connectivity index (χ1v) is 9.74. The number of para-hydroxylation sites is 1. The normalized spacial score (nSPS) is 14.7. The Hall–Kier alpha value is -2.57. The molecule has 5 nitrogen and oxygen atoms in total. The first-order valence-electron chi connectivity index (χ1n) is 8.92. The van der Waals surface area contributed by atoms with Crippen LogP contribution in [0.25, 0.3) is 0 Å². The largest absolute Gasteiger partial charge is 0.352 e. The number of nitrogens with zero attached hydrogens (tertiary/aromatic N) is 1. The summed E-state index contributed by atoms with van der Waals surface area (Å²) >= 11 is 1.32. The summed E-state index contributed by atoms with van der Waals surface area (Å²) in [6, 6.07) is 17.9. The second-order valence-corrected chi connectivity index (χ2v) is 7.51. The molecule has 1 aliphatic heterocycles. The Morgan fingerprint density at radius 3 is 2.70 bits per heavy atom. The summed E-state index contributed by atoms with van der Waals surface area (Å²) in [5.74, 6) is -0.478. The fraction of sp³-hybridized carbons (Fsp3) is 0.238. The highest BCUT2D eigenvalue weighted by Gasteiger charge is 2.21. The topological polar surface area (TPSA) is 61.4 Å². The predicted molar refractivity (Wildman–Crippen MR) is 109 cm³/mol. The van der Waals surface area contributed by atoms with E-state index >= 15 is 0 Å². The summed E-state index contributed by atoms with van der Waals surface area (Å²) in [7, 11) is 2.07. The molecule has 27 heavy (non-hydrogen) atoms. The molecule has 2 amide bonds. The number of hydrogen-bond donors (Lipinski definition) is 2. The Morgan fingerprint density at radius 1 is 1.15 bits per heavy atom. The predicted octanol–water partition coefficient (Wildman–Crippen LogP) is 3.25. The number of nitrogens with one attached hydrogen (secondary N) is 2. The van der Waals surface area contributed by atoms with Crippen LogP contribution in [0.3, 0.4) is 0 Å². The molecule has 2 aromatic carbocycles. The molecular weight excluding hydrogens is 358 g/mol. The van der Waals surface area contributed by atoms with E-state index < -0.39 is 0 Å². The number of rotatable bonds is 7. The van der Waals surface area contributed by atoms with E-state index in [1.165, 1.54) is 23.4 Å². The molecule has 0 spiro atoms. The molecule has 2 N–H and O–H groups in total. The molecule has 6 heteroatoms. The Labute approximate surface area is 163 Å². The maximum atomic E-state index is 12.1. The highest BCUT2D eigenvalue weighted by Crippen LogP contribution is 2.37. The summed E-state index contributed by atoms with van der Waals surface area (Å²) in [4.78, 5) is 27.8. The van der Waals surface area contributed by atoms with Crippen molar-refractivity contribution in [2.24, 2.45) is 0 Å². The molecular formula is C21H23N3O2S. The van der Waals surface area contributed by atoms with Crippen LogP contribution in [-0.2, 0) is 16.1 Å². The van der Waals surface area contributed by atoms with E-state index in [0.717, 1.165) is 30.1 Å². The van der Waals surface area contributed by atoms with Crippen LogP contribution < -0.4 is 10.6 Å². The van der Waals surface area contributed by atoms with Gasteiger partial charge in [-0.1, -0.05) is 54.2 Å². The summed E-state index contributed by atoms with van der Waals surface area (Å²) in [5, 5.41) is 5.66. The van der Waals surface area contributed by atoms with Gasteiger partial charge in [0.05, 0.1) is 10.6 Å². The van der Waals surface area contributed by atoms with E-state index in [1.54, 1.807) is 0 Å². The van der Waals surface area contributed by atoms with E-state index in [2.05, 4.69) is 34.7 Å². The van der Waals surface area contributed by atoms with Gasteiger partial charge in [-0.2, -0.15) is 0 Å². The fourth-order valence-corrected chi connectivity index (χ4v) is 3.73. The lowest BCUT2D eigenvalue weighted by Gasteiger charge is -2.18. The van der Waals surface area contributed by atoms with Gasteiger partial charge in [-0.25, -0.2) is 0 Å². The van der Waals surface area contributed by atoms with Gasteiger partial charge in [0.2, 0.25) is 5.91 Å². The molecule has 0 aliphatic carbocycles. The molecule has 2 aromatic rings. The lowest BCUT2D eigenvalue weighted by molar-refractivity contribution is -0.117. The number of thioether (sulfide) groups is 1. The standard InChI is InChI=1S/C21H23N3O2S/c1-24(15-16-8-3-2-4-9-16)13-7-12-22-20(25)14-19-21(26)23-17-10-5-6-11-18(17)27-19/h2-6,8-11,14H,7,12-13,15H2,1H3,(H,22,25)(H,23,26)/b19-14-. The monoisotopic (exact) mass is 381 g/mol. The first kappa shape index (κ1) is 19.2. The molecule has 0 unspecified atom stereocenters. The van der Waals surface area contributed by atoms with Gasteiger partial charge in [-0.3, -0.25) is 9.59 Å². The van der Waals surface area contributed by atoms with E-state index in [1.807, 2.05) is 42.5 Å². The van der Waals surface area contributed by atoms with Crippen LogP contribution in [0, 0.1) is 0 Å². The zero-order valence-corrected chi connectivity index (χ0v) is 16.1. The van der Waals surface area contributed by atoms with E-state index in [4.69, 9.17) is 0 Å². The van der Waals surface area contributed by atoms with Gasteiger partial charge in [-0.15, -0.1) is 0 Å². The SMILES string of the molecule is CN(CCCNC(=O)/C=C1\Sc2ccccc2NC1=O)Cc1ccccc1. The van der Waals surface area contributed by atoms with Crippen molar-refractivity contribution in [2.45, 2.75) is 17.9 Å². The van der Waals surface area contributed by atoms with E-state index in [0.29, 0.717) is 11.4 Å². The summed E-state index contributed by atoms with van der Waals surface area (Å²) < 4.78 is 0. The average molecular weight is 382 g/mol. The van der Waals surface area contributed by atoms with E-state index in [9.17, 15) is 9.59 Å². The van der Waals surface area contributed by atoms with Crippen molar-refractivity contribution in [3.05, 3.63) is 71.1 Å². The molecule has 3 rings (SSSR count). The molecule has 0 radical (unpaired) electrons. The minimum atomic E-state index is -0.239. The van der Waals surface area contributed by atoms with Gasteiger partial charge in [0.25, 0.3) is 5.91 Å². The summed E-state index contributed by atoms with van der Waals surface area (Å²) in [6.45, 7) is 2.34. The molecule has 0 saturated heterocycles. The zero-order chi connectivity index (χ0) is 19.1. The van der Waals surface area contributed by atoms with Crippen molar-refractivity contribution in [3.8, 4) is 0 Å². The third kappa shape index (κ3) is 5.70. The number of fused-ring (bicyclic) bond motifs is 1. The maximum absolute atomic E-state index is 12.1. The van der Waals surface area contributed by atoms with Crippen LogP contribution in [-0.4, -0.2) is 36.9 Å². The van der Waals surface area contributed by atoms with Crippen molar-refractivity contribution in [3.63, 3.8) is 0 Å². The van der Waals surface area contributed by atoms with Gasteiger partial charge in [-0.05, 0) is 37.7 Å². The minimum Gasteiger partial charge on any atom is -0.352 e. The average Bonchev–Trinajstić information content (AvgIpc) is 2.67. The van der Waals surface area contributed by atoms with Crippen LogP contribution in [0.5, 0.6) is 0 Å². The first-order chi connectivity index (χ1) is 13.1. The number of hydrogen-bond acceptors (Lipinski definition) is 4. The van der Waals surface area contributed by atoms with E-state index in [-0.39, 0.29) is 11.8 Å². The van der Waals surface area contributed by atoms with Crippen molar-refractivity contribution < 1.29 is 9.59 Å². The molecule has 0 aromatic heterocycles. The smallest absolute Gasteiger partial charge is 0.262 e. The van der Waals surface area contributed by atoms with Crippen LogP contribution in [0.15, 0.2) is 70.5 Å². The van der Waals surface area contributed by atoms with Crippen LogP contribution in [0.1, 0.15) is 12.0 Å². The third-order valence-corrected chi connectivity index (χ3v) is 5.25. The Balaban J connectivity index is 1.42. The summed E-state index contributed by atoms with van der Waals surface area (Å²) in [6.07, 6.45) is 2.23. The maximum Gasteiger partial charge on any atom is 0.262 e. The fourth-order valence-electron chi connectivity index (χ4n) is 2.81. The Morgan fingerprint density at radius 2 is 1.89 bits per heavy atom. The minimum absolute atomic E-state index is 0.238. The van der Waals surface area contributed by atoms with Crippen LogP contribution in [0.4, 0.5) is 5.69 Å². The molecule has 0 bridgehead atoms. The van der Waals surface area contributed by atoms with Gasteiger partial charge < -0.3 is 15.5 Å². The van der Waals surface area contributed by atoms with Crippen molar-refractivity contribution >= 4 is 29.3 Å². The Kier molecular flexibility index (Phi) is 6.68. The molecule has 0 fully saturated rings. The molecule has 0 atom stereocenters. The number of benzene rings is 2. The van der Waals surface area contributed by atoms with Crippen molar-refractivity contribution in [2.75, 3.05) is 25.5 Å². The van der Waals surface area contributed by atoms with Gasteiger partial charge in [0.1, 0.15) is 0 Å². The number of carbonyl (C=O) groups is 2. The van der Waals surface area contributed by atoms with Crippen LogP contribution in [0.2, 0.25) is 0 Å². The van der Waals surface area contributed by atoms with Crippen LogP contribution >= 0.6 is 11.8 Å². The lowest BCUT2D eigenvalue weighted by atomic mass is 10.2. The van der Waals surface area contributed by atoms with Gasteiger partial charge in [0.15, 0.2) is 0 Å². The van der Waals surface area contributed by atoms with Gasteiger partial charge in [0, 0.05) is 24.1 Å². The highest BCUT2D eigenvalue weighted by molar-refractivity contribution is 8.04. The van der Waals surface area contributed by atoms with Crippen molar-refractivity contribution in [1.82, 2.24) is 10.2 Å². The summed E-state index contributed by atoms with van der Waals surface area (Å²) in [5.41, 5.74) is 2.06. The van der Waals surface area contributed by atoms with Crippen molar-refractivity contribution in [1.29, 1.82) is 0 Å². The second kappa shape index (κ2) is 9.39. The quantitative estimate of drug-likeness (QED) is 0.571. The molecule has 1 aliphatic rings.